The molecule has 1 aliphatic heterocycles. The molecule has 1 aliphatic rings. The van der Waals surface area contributed by atoms with Gasteiger partial charge in [0, 0.05) is 6.61 Å². The maximum atomic E-state index is 5.70. The zero-order valence-corrected chi connectivity index (χ0v) is 8.70. The smallest absolute Gasteiger partial charge is 0.184 e. The molecule has 2 aromatic rings. The third-order valence-corrected chi connectivity index (χ3v) is 2.77. The SMILES string of the molecule is Nc1ncnc2c1nnn2[C@H]1CCCOC1. The maximum Gasteiger partial charge on any atom is 0.184 e. The number of hydrogen-bond donors (Lipinski definition) is 1. The number of aromatic nitrogens is 5. The standard InChI is InChI=1S/C9H12N6O/c10-8-7-9(12-5-11-8)15(14-13-7)6-2-1-3-16-4-6/h5-6H,1-4H2,(H2,10,11,12)/t6-/m0/s1. The molecular formula is C9H12N6O. The monoisotopic (exact) mass is 220 g/mol. The number of nitrogens with two attached hydrogens (primary N) is 1. The fourth-order valence-corrected chi connectivity index (χ4v) is 1.94. The Labute approximate surface area is 91.6 Å². The summed E-state index contributed by atoms with van der Waals surface area (Å²) in [7, 11) is 0. The van der Waals surface area contributed by atoms with Crippen molar-refractivity contribution < 1.29 is 4.74 Å². The summed E-state index contributed by atoms with van der Waals surface area (Å²) in [6.45, 7) is 1.47. The molecule has 0 unspecified atom stereocenters. The summed E-state index contributed by atoms with van der Waals surface area (Å²) in [5.41, 5.74) is 6.95. The van der Waals surface area contributed by atoms with Gasteiger partial charge >= 0.3 is 0 Å². The van der Waals surface area contributed by atoms with Crippen molar-refractivity contribution >= 4 is 17.0 Å². The van der Waals surface area contributed by atoms with E-state index >= 15 is 0 Å². The van der Waals surface area contributed by atoms with E-state index in [1.165, 1.54) is 6.33 Å². The largest absolute Gasteiger partial charge is 0.382 e. The molecule has 84 valence electrons. The van der Waals surface area contributed by atoms with Crippen LogP contribution >= 0.6 is 0 Å². The highest BCUT2D eigenvalue weighted by Gasteiger charge is 2.20. The predicted octanol–water partition coefficient (Wildman–Crippen LogP) is 0.155. The van der Waals surface area contributed by atoms with Crippen LogP contribution in [0.3, 0.4) is 0 Å². The van der Waals surface area contributed by atoms with E-state index in [4.69, 9.17) is 10.5 Å². The highest BCUT2D eigenvalue weighted by molar-refractivity contribution is 5.80. The number of rotatable bonds is 1. The first-order valence-electron chi connectivity index (χ1n) is 5.25. The van der Waals surface area contributed by atoms with Gasteiger partial charge in [0.1, 0.15) is 6.33 Å². The Morgan fingerprint density at radius 1 is 1.44 bits per heavy atom. The number of fused-ring (bicyclic) bond motifs is 1. The Bertz CT molecular complexity index is 504. The van der Waals surface area contributed by atoms with E-state index in [0.29, 0.717) is 23.6 Å². The Kier molecular flexibility index (Phi) is 2.17. The third-order valence-electron chi connectivity index (χ3n) is 2.77. The second kappa shape index (κ2) is 3.67. The van der Waals surface area contributed by atoms with Crippen LogP contribution in [-0.4, -0.2) is 38.2 Å². The lowest BCUT2D eigenvalue weighted by Crippen LogP contribution is -2.22. The summed E-state index contributed by atoms with van der Waals surface area (Å²) in [4.78, 5) is 8.05. The molecule has 0 saturated carbocycles. The number of ether oxygens (including phenoxy) is 1. The van der Waals surface area contributed by atoms with Crippen LogP contribution in [0, 0.1) is 0 Å². The highest BCUT2D eigenvalue weighted by atomic mass is 16.5. The molecule has 3 heterocycles. The van der Waals surface area contributed by atoms with E-state index < -0.39 is 0 Å². The van der Waals surface area contributed by atoms with Gasteiger partial charge in [-0.15, -0.1) is 5.10 Å². The summed E-state index contributed by atoms with van der Waals surface area (Å²) in [6, 6.07) is 0.202. The minimum absolute atomic E-state index is 0.202. The molecule has 0 amide bonds. The first-order valence-corrected chi connectivity index (χ1v) is 5.25. The van der Waals surface area contributed by atoms with Crippen molar-refractivity contribution in [2.24, 2.45) is 0 Å². The lowest BCUT2D eigenvalue weighted by Gasteiger charge is -2.21. The van der Waals surface area contributed by atoms with Crippen molar-refractivity contribution in [2.45, 2.75) is 18.9 Å². The van der Waals surface area contributed by atoms with Gasteiger partial charge in [0.25, 0.3) is 0 Å². The molecule has 16 heavy (non-hydrogen) atoms. The van der Waals surface area contributed by atoms with E-state index in [9.17, 15) is 0 Å². The number of nitrogens with zero attached hydrogens (tertiary/aromatic N) is 5. The quantitative estimate of drug-likeness (QED) is 0.735. The maximum absolute atomic E-state index is 5.70. The van der Waals surface area contributed by atoms with Crippen LogP contribution in [-0.2, 0) is 4.74 Å². The van der Waals surface area contributed by atoms with Gasteiger partial charge in [0.15, 0.2) is 17.0 Å². The van der Waals surface area contributed by atoms with Crippen molar-refractivity contribution in [3.63, 3.8) is 0 Å². The van der Waals surface area contributed by atoms with Crippen LogP contribution in [0.1, 0.15) is 18.9 Å². The first-order chi connectivity index (χ1) is 7.86. The van der Waals surface area contributed by atoms with Gasteiger partial charge in [0.2, 0.25) is 0 Å². The average molecular weight is 220 g/mol. The average Bonchev–Trinajstić information content (AvgIpc) is 2.75. The molecule has 7 heteroatoms. The number of anilines is 1. The van der Waals surface area contributed by atoms with Crippen LogP contribution in [0.25, 0.3) is 11.2 Å². The Morgan fingerprint density at radius 3 is 3.19 bits per heavy atom. The fraction of sp³-hybridized carbons (Fsp3) is 0.556. The van der Waals surface area contributed by atoms with Crippen LogP contribution in [0.5, 0.6) is 0 Å². The Balaban J connectivity index is 2.06. The molecule has 1 saturated heterocycles. The Hall–Kier alpha value is -1.76. The predicted molar refractivity (Wildman–Crippen MR) is 56.6 cm³/mol. The minimum atomic E-state index is 0.202. The van der Waals surface area contributed by atoms with E-state index in [0.717, 1.165) is 19.4 Å². The van der Waals surface area contributed by atoms with Crippen LogP contribution in [0.2, 0.25) is 0 Å². The van der Waals surface area contributed by atoms with E-state index in [2.05, 4.69) is 20.3 Å². The van der Waals surface area contributed by atoms with Crippen LogP contribution in [0.15, 0.2) is 6.33 Å². The molecule has 3 rings (SSSR count). The van der Waals surface area contributed by atoms with Crippen molar-refractivity contribution in [3.05, 3.63) is 6.33 Å². The molecule has 0 spiro atoms. The molecule has 0 aliphatic carbocycles. The van der Waals surface area contributed by atoms with E-state index in [1.807, 2.05) is 0 Å². The zero-order valence-electron chi connectivity index (χ0n) is 8.70. The van der Waals surface area contributed by atoms with Gasteiger partial charge in [-0.05, 0) is 12.8 Å². The molecule has 2 N–H and O–H groups in total. The van der Waals surface area contributed by atoms with Crippen LogP contribution < -0.4 is 5.73 Å². The van der Waals surface area contributed by atoms with Gasteiger partial charge < -0.3 is 10.5 Å². The van der Waals surface area contributed by atoms with Crippen molar-refractivity contribution in [2.75, 3.05) is 18.9 Å². The second-order valence-corrected chi connectivity index (χ2v) is 3.84. The highest BCUT2D eigenvalue weighted by Crippen LogP contribution is 2.22. The molecule has 1 fully saturated rings. The molecule has 0 aromatic carbocycles. The van der Waals surface area contributed by atoms with Gasteiger partial charge in [0.05, 0.1) is 12.6 Å². The molecule has 7 nitrogen and oxygen atoms in total. The molecular weight excluding hydrogens is 208 g/mol. The molecule has 0 radical (unpaired) electrons. The number of hydrogen-bond acceptors (Lipinski definition) is 6. The summed E-state index contributed by atoms with van der Waals surface area (Å²) in [5, 5.41) is 8.08. The lowest BCUT2D eigenvalue weighted by molar-refractivity contribution is 0.0556. The number of nitrogen functional groups attached to an aromatic ring is 1. The van der Waals surface area contributed by atoms with Crippen molar-refractivity contribution in [3.8, 4) is 0 Å². The zero-order chi connectivity index (χ0) is 11.0. The topological polar surface area (TPSA) is 91.7 Å². The van der Waals surface area contributed by atoms with Crippen LogP contribution in [0.4, 0.5) is 5.82 Å². The summed E-state index contributed by atoms with van der Waals surface area (Å²) < 4.78 is 7.21. The van der Waals surface area contributed by atoms with Gasteiger partial charge in [-0.25, -0.2) is 14.6 Å². The lowest BCUT2D eigenvalue weighted by atomic mass is 10.1. The summed E-state index contributed by atoms with van der Waals surface area (Å²) in [5.74, 6) is 0.368. The second-order valence-electron chi connectivity index (χ2n) is 3.84. The van der Waals surface area contributed by atoms with E-state index in [-0.39, 0.29) is 6.04 Å². The van der Waals surface area contributed by atoms with Gasteiger partial charge in [-0.3, -0.25) is 0 Å². The van der Waals surface area contributed by atoms with Gasteiger partial charge in [-0.2, -0.15) is 0 Å². The minimum Gasteiger partial charge on any atom is -0.382 e. The fourth-order valence-electron chi connectivity index (χ4n) is 1.94. The molecule has 1 atom stereocenters. The third kappa shape index (κ3) is 1.40. The Morgan fingerprint density at radius 2 is 2.38 bits per heavy atom. The summed E-state index contributed by atoms with van der Waals surface area (Å²) in [6.07, 6.45) is 3.50. The first kappa shape index (κ1) is 9.46. The van der Waals surface area contributed by atoms with Crippen molar-refractivity contribution in [1.82, 2.24) is 25.0 Å². The molecule has 2 aromatic heterocycles. The van der Waals surface area contributed by atoms with Gasteiger partial charge in [-0.1, -0.05) is 5.21 Å². The van der Waals surface area contributed by atoms with E-state index in [1.54, 1.807) is 4.68 Å². The molecule has 0 bridgehead atoms. The summed E-state index contributed by atoms with van der Waals surface area (Å²) >= 11 is 0. The van der Waals surface area contributed by atoms with Crippen molar-refractivity contribution in [1.29, 1.82) is 0 Å². The normalized spacial score (nSPS) is 21.4.